The molecule has 0 spiro atoms. The predicted molar refractivity (Wildman–Crippen MR) is 111 cm³/mol. The van der Waals surface area contributed by atoms with E-state index in [4.69, 9.17) is 4.42 Å². The van der Waals surface area contributed by atoms with Crippen LogP contribution >= 0.6 is 0 Å². The highest BCUT2D eigenvalue weighted by Gasteiger charge is 2.16. The summed E-state index contributed by atoms with van der Waals surface area (Å²) in [7, 11) is -3.75. The third kappa shape index (κ3) is 4.37. The molecule has 4 aromatic rings. The Morgan fingerprint density at radius 3 is 2.48 bits per heavy atom. The molecule has 0 aliphatic heterocycles. The number of carbonyl (C=O) groups excluding carboxylic acids is 1. The molecule has 0 fully saturated rings. The molecule has 0 unspecified atom stereocenters. The Balaban J connectivity index is 1.51. The number of rotatable bonds is 6. The Morgan fingerprint density at radius 1 is 0.862 bits per heavy atom. The van der Waals surface area contributed by atoms with E-state index in [9.17, 15) is 13.2 Å². The summed E-state index contributed by atoms with van der Waals surface area (Å²) in [5, 5.41) is 4.75. The van der Waals surface area contributed by atoms with Crippen molar-refractivity contribution in [2.24, 2.45) is 0 Å². The van der Waals surface area contributed by atoms with E-state index >= 15 is 0 Å². The van der Waals surface area contributed by atoms with Crippen molar-refractivity contribution in [1.82, 2.24) is 4.72 Å². The van der Waals surface area contributed by atoms with Crippen molar-refractivity contribution in [3.05, 3.63) is 96.4 Å². The fraction of sp³-hybridized carbons (Fsp3) is 0.0455. The van der Waals surface area contributed by atoms with E-state index in [1.165, 1.54) is 18.4 Å². The molecular weight excluding hydrogens is 388 g/mol. The van der Waals surface area contributed by atoms with Gasteiger partial charge in [-0.05, 0) is 53.2 Å². The van der Waals surface area contributed by atoms with Gasteiger partial charge in [0.15, 0.2) is 0 Å². The number of amides is 1. The van der Waals surface area contributed by atoms with Crippen LogP contribution in [0, 0.1) is 0 Å². The summed E-state index contributed by atoms with van der Waals surface area (Å²) in [6, 6.07) is 22.7. The van der Waals surface area contributed by atoms with E-state index in [-0.39, 0.29) is 17.3 Å². The van der Waals surface area contributed by atoms with Crippen LogP contribution < -0.4 is 10.0 Å². The second-order valence-electron chi connectivity index (χ2n) is 6.45. The first-order valence-corrected chi connectivity index (χ1v) is 10.4. The van der Waals surface area contributed by atoms with Crippen LogP contribution in [0.2, 0.25) is 0 Å². The molecular formula is C22H18N2O4S. The average Bonchev–Trinajstić information content (AvgIpc) is 3.26. The normalized spacial score (nSPS) is 11.4. The van der Waals surface area contributed by atoms with E-state index in [0.717, 1.165) is 10.8 Å². The van der Waals surface area contributed by atoms with Crippen molar-refractivity contribution >= 4 is 32.4 Å². The van der Waals surface area contributed by atoms with E-state index in [0.29, 0.717) is 17.0 Å². The smallest absolute Gasteiger partial charge is 0.255 e. The molecule has 0 saturated carbocycles. The minimum atomic E-state index is -3.75. The maximum Gasteiger partial charge on any atom is 0.255 e. The highest BCUT2D eigenvalue weighted by atomic mass is 32.2. The summed E-state index contributed by atoms with van der Waals surface area (Å²) in [6.07, 6.45) is 1.48. The van der Waals surface area contributed by atoms with Crippen molar-refractivity contribution < 1.29 is 17.6 Å². The first-order chi connectivity index (χ1) is 14.0. The van der Waals surface area contributed by atoms with Crippen molar-refractivity contribution in [1.29, 1.82) is 0 Å². The lowest BCUT2D eigenvalue weighted by Crippen LogP contribution is -2.23. The fourth-order valence-electron chi connectivity index (χ4n) is 2.94. The molecule has 7 heteroatoms. The number of anilines is 1. The van der Waals surface area contributed by atoms with Gasteiger partial charge in [-0.1, -0.05) is 36.4 Å². The predicted octanol–water partition coefficient (Wildman–Crippen LogP) is 4.16. The van der Waals surface area contributed by atoms with Gasteiger partial charge in [0.2, 0.25) is 10.0 Å². The number of nitrogens with one attached hydrogen (secondary N) is 2. The first kappa shape index (κ1) is 18.9. The SMILES string of the molecule is O=C(Nc1cccc(S(=O)(=O)NCc2ccco2)c1)c1ccc2ccccc2c1. The third-order valence-corrected chi connectivity index (χ3v) is 5.83. The fourth-order valence-corrected chi connectivity index (χ4v) is 3.98. The van der Waals surface area contributed by atoms with Crippen molar-refractivity contribution in [3.8, 4) is 0 Å². The summed E-state index contributed by atoms with van der Waals surface area (Å²) in [4.78, 5) is 12.7. The largest absolute Gasteiger partial charge is 0.468 e. The van der Waals surface area contributed by atoms with Crippen LogP contribution in [0.15, 0.2) is 94.4 Å². The van der Waals surface area contributed by atoms with E-state index < -0.39 is 10.0 Å². The van der Waals surface area contributed by atoms with Crippen molar-refractivity contribution in [2.45, 2.75) is 11.4 Å². The third-order valence-electron chi connectivity index (χ3n) is 4.43. The summed E-state index contributed by atoms with van der Waals surface area (Å²) in [6.45, 7) is 0.0447. The highest BCUT2D eigenvalue weighted by Crippen LogP contribution is 2.19. The van der Waals surface area contributed by atoms with Crippen LogP contribution in [0.25, 0.3) is 10.8 Å². The zero-order valence-electron chi connectivity index (χ0n) is 15.3. The Labute approximate surface area is 168 Å². The second kappa shape index (κ2) is 7.90. The van der Waals surface area contributed by atoms with Gasteiger partial charge in [0.1, 0.15) is 5.76 Å². The molecule has 146 valence electrons. The van der Waals surface area contributed by atoms with Gasteiger partial charge in [-0.2, -0.15) is 0 Å². The molecule has 4 rings (SSSR count). The second-order valence-corrected chi connectivity index (χ2v) is 8.21. The summed E-state index contributed by atoms with van der Waals surface area (Å²) in [5.41, 5.74) is 0.886. The molecule has 6 nitrogen and oxygen atoms in total. The highest BCUT2D eigenvalue weighted by molar-refractivity contribution is 7.89. The molecule has 1 aromatic heterocycles. The van der Waals surface area contributed by atoms with Gasteiger partial charge >= 0.3 is 0 Å². The maximum atomic E-state index is 12.6. The quantitative estimate of drug-likeness (QED) is 0.503. The lowest BCUT2D eigenvalue weighted by molar-refractivity contribution is 0.102. The minimum Gasteiger partial charge on any atom is -0.468 e. The van der Waals surface area contributed by atoms with Crippen LogP contribution in [-0.2, 0) is 16.6 Å². The topological polar surface area (TPSA) is 88.4 Å². The number of fused-ring (bicyclic) bond motifs is 1. The zero-order valence-corrected chi connectivity index (χ0v) is 16.1. The monoisotopic (exact) mass is 406 g/mol. The zero-order chi connectivity index (χ0) is 20.3. The van der Waals surface area contributed by atoms with Crippen molar-refractivity contribution in [3.63, 3.8) is 0 Å². The molecule has 0 aliphatic rings. The maximum absolute atomic E-state index is 12.6. The number of furan rings is 1. The number of benzene rings is 3. The Kier molecular flexibility index (Phi) is 5.16. The minimum absolute atomic E-state index is 0.0447. The molecule has 0 radical (unpaired) electrons. The molecule has 3 aromatic carbocycles. The van der Waals surface area contributed by atoms with Crippen LogP contribution in [0.3, 0.4) is 0 Å². The molecule has 0 atom stereocenters. The van der Waals surface area contributed by atoms with Gasteiger partial charge in [-0.15, -0.1) is 0 Å². The molecule has 1 amide bonds. The van der Waals surface area contributed by atoms with Gasteiger partial charge in [0, 0.05) is 11.3 Å². The van der Waals surface area contributed by atoms with Gasteiger partial charge in [-0.3, -0.25) is 4.79 Å². The lowest BCUT2D eigenvalue weighted by atomic mass is 10.1. The standard InChI is InChI=1S/C22H18N2O4S/c25-22(18-11-10-16-5-1-2-6-17(16)13-18)24-19-7-3-9-21(14-19)29(26,27)23-15-20-8-4-12-28-20/h1-14,23H,15H2,(H,24,25). The molecule has 29 heavy (non-hydrogen) atoms. The van der Waals surface area contributed by atoms with Gasteiger partial charge in [0.05, 0.1) is 17.7 Å². The van der Waals surface area contributed by atoms with Crippen molar-refractivity contribution in [2.75, 3.05) is 5.32 Å². The van der Waals surface area contributed by atoms with Crippen LogP contribution in [0.4, 0.5) is 5.69 Å². The van der Waals surface area contributed by atoms with Gasteiger partial charge in [0.25, 0.3) is 5.91 Å². The van der Waals surface area contributed by atoms with Crippen LogP contribution in [0.5, 0.6) is 0 Å². The number of hydrogen-bond acceptors (Lipinski definition) is 4. The summed E-state index contributed by atoms with van der Waals surface area (Å²) in [5.74, 6) is 0.197. The van der Waals surface area contributed by atoms with Crippen LogP contribution in [0.1, 0.15) is 16.1 Å². The van der Waals surface area contributed by atoms with E-state index in [1.807, 2.05) is 30.3 Å². The molecule has 0 bridgehead atoms. The number of carbonyl (C=O) groups is 1. The Bertz CT molecular complexity index is 1260. The van der Waals surface area contributed by atoms with Gasteiger partial charge < -0.3 is 9.73 Å². The molecule has 0 saturated heterocycles. The number of sulfonamides is 1. The summed E-state index contributed by atoms with van der Waals surface area (Å²) < 4.78 is 32.6. The summed E-state index contributed by atoms with van der Waals surface area (Å²) >= 11 is 0. The lowest BCUT2D eigenvalue weighted by Gasteiger charge is -2.09. The Morgan fingerprint density at radius 2 is 1.69 bits per heavy atom. The molecule has 2 N–H and O–H groups in total. The van der Waals surface area contributed by atoms with Gasteiger partial charge in [-0.25, -0.2) is 13.1 Å². The first-order valence-electron chi connectivity index (χ1n) is 8.93. The molecule has 0 aliphatic carbocycles. The Hall–Kier alpha value is -3.42. The molecule has 1 heterocycles. The number of hydrogen-bond donors (Lipinski definition) is 2. The average molecular weight is 406 g/mol. The van der Waals surface area contributed by atoms with Crippen LogP contribution in [-0.4, -0.2) is 14.3 Å². The van der Waals surface area contributed by atoms with E-state index in [2.05, 4.69) is 10.0 Å². The van der Waals surface area contributed by atoms with E-state index in [1.54, 1.807) is 36.4 Å².